The van der Waals surface area contributed by atoms with E-state index in [9.17, 15) is 9.59 Å². The van der Waals surface area contributed by atoms with Gasteiger partial charge in [0.2, 0.25) is 5.76 Å². The molecule has 0 saturated heterocycles. The average Bonchev–Trinajstić information content (AvgIpc) is 2.47. The smallest absolute Gasteiger partial charge is 0.374 e. The zero-order valence-electron chi connectivity index (χ0n) is 14.0. The van der Waals surface area contributed by atoms with Gasteiger partial charge >= 0.3 is 5.97 Å². The molecule has 0 radical (unpaired) electrons. The van der Waals surface area contributed by atoms with Gasteiger partial charge < -0.3 is 13.9 Å². The van der Waals surface area contributed by atoms with Crippen molar-refractivity contribution in [2.24, 2.45) is 0 Å². The van der Waals surface area contributed by atoms with Gasteiger partial charge in [0.1, 0.15) is 16.9 Å². The normalized spacial score (nSPS) is 19.1. The quantitative estimate of drug-likeness (QED) is 0.753. The first-order valence-electron chi connectivity index (χ1n) is 7.62. The Bertz CT molecular complexity index is 860. The minimum atomic E-state index is -0.671. The van der Waals surface area contributed by atoms with E-state index in [0.29, 0.717) is 11.0 Å². The van der Waals surface area contributed by atoms with Gasteiger partial charge in [-0.3, -0.25) is 4.79 Å². The van der Waals surface area contributed by atoms with Gasteiger partial charge in [-0.25, -0.2) is 4.79 Å². The van der Waals surface area contributed by atoms with Crippen molar-refractivity contribution in [2.45, 2.75) is 45.6 Å². The van der Waals surface area contributed by atoms with Crippen LogP contribution in [0.3, 0.4) is 0 Å². The van der Waals surface area contributed by atoms with Gasteiger partial charge in [0.05, 0.1) is 12.5 Å². The van der Waals surface area contributed by atoms with Crippen molar-refractivity contribution in [3.8, 4) is 5.75 Å². The van der Waals surface area contributed by atoms with E-state index >= 15 is 0 Å². The maximum absolute atomic E-state index is 12.4. The van der Waals surface area contributed by atoms with Crippen LogP contribution in [0.4, 0.5) is 0 Å². The van der Waals surface area contributed by atoms with Crippen LogP contribution in [0.15, 0.2) is 21.3 Å². The number of ether oxygens (including phenoxy) is 2. The Hall–Kier alpha value is -2.30. The molecule has 0 saturated carbocycles. The fraction of sp³-hybridized carbons (Fsp3) is 0.444. The Labute approximate surface area is 134 Å². The molecule has 1 atom stereocenters. The standard InChI is InChI=1S/C18H20O5/c1-9-8-18(3,4)23-16-10(2)15-12(6-11(9)16)13(19)7-14(22-15)17(20)21-5/h6-7,9H,8H2,1-5H3. The van der Waals surface area contributed by atoms with Crippen LogP contribution in [-0.2, 0) is 4.74 Å². The summed E-state index contributed by atoms with van der Waals surface area (Å²) in [6.45, 7) is 8.05. The monoisotopic (exact) mass is 316 g/mol. The fourth-order valence-corrected chi connectivity index (χ4v) is 3.33. The van der Waals surface area contributed by atoms with Gasteiger partial charge in [-0.15, -0.1) is 0 Å². The lowest BCUT2D eigenvalue weighted by molar-refractivity contribution is 0.0564. The maximum atomic E-state index is 12.4. The zero-order chi connectivity index (χ0) is 16.9. The van der Waals surface area contributed by atoms with Crippen molar-refractivity contribution in [3.05, 3.63) is 39.2 Å². The highest BCUT2D eigenvalue weighted by Crippen LogP contribution is 2.44. The third-order valence-corrected chi connectivity index (χ3v) is 4.32. The number of hydrogen-bond acceptors (Lipinski definition) is 5. The highest BCUT2D eigenvalue weighted by molar-refractivity contribution is 5.90. The molecule has 2 aromatic rings. The zero-order valence-corrected chi connectivity index (χ0v) is 14.0. The van der Waals surface area contributed by atoms with Gasteiger partial charge in [0.15, 0.2) is 5.43 Å². The third-order valence-electron chi connectivity index (χ3n) is 4.32. The predicted octanol–water partition coefficient (Wildman–Crippen LogP) is 3.55. The summed E-state index contributed by atoms with van der Waals surface area (Å²) in [6.07, 6.45) is 0.872. The van der Waals surface area contributed by atoms with Crippen LogP contribution >= 0.6 is 0 Å². The second kappa shape index (κ2) is 5.11. The Balaban J connectivity index is 2.32. The van der Waals surface area contributed by atoms with E-state index in [2.05, 4.69) is 11.7 Å². The molecule has 5 heteroatoms. The second-order valence-corrected chi connectivity index (χ2v) is 6.73. The summed E-state index contributed by atoms with van der Waals surface area (Å²) >= 11 is 0. The Kier molecular flexibility index (Phi) is 3.47. The van der Waals surface area contributed by atoms with E-state index in [0.717, 1.165) is 23.3 Å². The van der Waals surface area contributed by atoms with E-state index in [1.54, 1.807) is 0 Å². The molecule has 122 valence electrons. The lowest BCUT2D eigenvalue weighted by Gasteiger charge is -2.37. The number of fused-ring (bicyclic) bond motifs is 2. The Morgan fingerprint density at radius 3 is 2.70 bits per heavy atom. The van der Waals surface area contributed by atoms with Crippen LogP contribution in [-0.4, -0.2) is 18.7 Å². The molecule has 0 fully saturated rings. The van der Waals surface area contributed by atoms with Gasteiger partial charge in [-0.2, -0.15) is 0 Å². The van der Waals surface area contributed by atoms with Crippen LogP contribution in [0, 0.1) is 6.92 Å². The summed E-state index contributed by atoms with van der Waals surface area (Å²) in [5.74, 6) is 0.245. The largest absolute Gasteiger partial charge is 0.487 e. The minimum Gasteiger partial charge on any atom is -0.487 e. The number of esters is 1. The van der Waals surface area contributed by atoms with Crippen molar-refractivity contribution in [1.29, 1.82) is 0 Å². The molecule has 1 aliphatic heterocycles. The molecular formula is C18H20O5. The molecule has 5 nitrogen and oxygen atoms in total. The van der Waals surface area contributed by atoms with Crippen molar-refractivity contribution in [1.82, 2.24) is 0 Å². The molecule has 0 aliphatic carbocycles. The number of carbonyl (C=O) groups excluding carboxylic acids is 1. The number of carbonyl (C=O) groups is 1. The number of methoxy groups -OCH3 is 1. The molecule has 1 aliphatic rings. The summed E-state index contributed by atoms with van der Waals surface area (Å²) in [5.41, 5.74) is 1.58. The van der Waals surface area contributed by atoms with E-state index < -0.39 is 5.97 Å². The Morgan fingerprint density at radius 2 is 2.04 bits per heavy atom. The van der Waals surface area contributed by atoms with Crippen molar-refractivity contribution >= 4 is 16.9 Å². The Morgan fingerprint density at radius 1 is 1.35 bits per heavy atom. The molecule has 1 aromatic heterocycles. The van der Waals surface area contributed by atoms with Crippen molar-refractivity contribution in [3.63, 3.8) is 0 Å². The molecular weight excluding hydrogens is 296 g/mol. The molecule has 0 N–H and O–H groups in total. The summed E-state index contributed by atoms with van der Waals surface area (Å²) in [6, 6.07) is 3.00. The maximum Gasteiger partial charge on any atom is 0.374 e. The van der Waals surface area contributed by atoms with Crippen molar-refractivity contribution in [2.75, 3.05) is 7.11 Å². The van der Waals surface area contributed by atoms with Gasteiger partial charge in [0, 0.05) is 11.6 Å². The summed E-state index contributed by atoms with van der Waals surface area (Å²) in [7, 11) is 1.25. The number of rotatable bonds is 1. The number of hydrogen-bond donors (Lipinski definition) is 0. The lowest BCUT2D eigenvalue weighted by atomic mass is 9.84. The fourth-order valence-electron chi connectivity index (χ4n) is 3.33. The van der Waals surface area contributed by atoms with Crippen LogP contribution < -0.4 is 10.2 Å². The first kappa shape index (κ1) is 15.6. The number of aryl methyl sites for hydroxylation is 1. The van der Waals surface area contributed by atoms with E-state index in [1.807, 2.05) is 26.8 Å². The van der Waals surface area contributed by atoms with Crippen LogP contribution in [0.5, 0.6) is 5.75 Å². The average molecular weight is 316 g/mol. The van der Waals surface area contributed by atoms with Crippen molar-refractivity contribution < 1.29 is 18.7 Å². The summed E-state index contributed by atoms with van der Waals surface area (Å²) in [4.78, 5) is 24.1. The molecule has 0 bridgehead atoms. The van der Waals surface area contributed by atoms with Gasteiger partial charge in [0.25, 0.3) is 0 Å². The molecule has 0 amide bonds. The third kappa shape index (κ3) is 2.50. The van der Waals surface area contributed by atoms with E-state index in [1.165, 1.54) is 13.2 Å². The van der Waals surface area contributed by atoms with Crippen LogP contribution in [0.2, 0.25) is 0 Å². The molecule has 3 rings (SSSR count). The molecule has 1 unspecified atom stereocenters. The highest BCUT2D eigenvalue weighted by atomic mass is 16.5. The minimum absolute atomic E-state index is 0.101. The van der Waals surface area contributed by atoms with E-state index in [-0.39, 0.29) is 22.7 Å². The van der Waals surface area contributed by atoms with Crippen LogP contribution in [0.25, 0.3) is 11.0 Å². The first-order valence-corrected chi connectivity index (χ1v) is 7.62. The van der Waals surface area contributed by atoms with Gasteiger partial charge in [-0.05, 0) is 44.7 Å². The topological polar surface area (TPSA) is 65.7 Å². The van der Waals surface area contributed by atoms with E-state index in [4.69, 9.17) is 9.15 Å². The number of benzene rings is 1. The molecule has 0 spiro atoms. The molecule has 2 heterocycles. The SMILES string of the molecule is COC(=O)c1cc(=O)c2cc3c(c(C)c2o1)OC(C)(C)CC3C. The molecule has 23 heavy (non-hydrogen) atoms. The summed E-state index contributed by atoms with van der Waals surface area (Å²) in [5, 5.41) is 0.462. The highest BCUT2D eigenvalue weighted by Gasteiger charge is 2.33. The predicted molar refractivity (Wildman–Crippen MR) is 86.3 cm³/mol. The first-order chi connectivity index (χ1) is 10.7. The second-order valence-electron chi connectivity index (χ2n) is 6.73. The molecule has 1 aromatic carbocycles. The lowest BCUT2D eigenvalue weighted by Crippen LogP contribution is -2.34. The van der Waals surface area contributed by atoms with Gasteiger partial charge in [-0.1, -0.05) is 6.92 Å². The van der Waals surface area contributed by atoms with Crippen LogP contribution in [0.1, 0.15) is 54.8 Å². The summed E-state index contributed by atoms with van der Waals surface area (Å²) < 4.78 is 16.4.